The molecule has 2 aromatic carbocycles. The maximum Gasteiger partial charge on any atom is 0.226 e. The van der Waals surface area contributed by atoms with Crippen LogP contribution in [0, 0.1) is 17.6 Å². The van der Waals surface area contributed by atoms with Crippen molar-refractivity contribution < 1.29 is 22.0 Å². The first-order valence-corrected chi connectivity index (χ1v) is 12.4. The Hall–Kier alpha value is -2.32. The Morgan fingerprint density at radius 3 is 2.48 bits per heavy atom. The highest BCUT2D eigenvalue weighted by atomic mass is 32.2. The van der Waals surface area contributed by atoms with E-state index in [2.05, 4.69) is 4.72 Å². The Morgan fingerprint density at radius 1 is 1.06 bits per heavy atom. The highest BCUT2D eigenvalue weighted by Gasteiger charge is 2.46. The monoisotopic (exact) mass is 448 g/mol. The third-order valence-electron chi connectivity index (χ3n) is 6.06. The molecule has 1 heterocycles. The van der Waals surface area contributed by atoms with Crippen molar-refractivity contribution in [3.8, 4) is 11.1 Å². The number of nitrogens with one attached hydrogen (secondary N) is 1. The fraction of sp³-hybridized carbons (Fsp3) is 0.435. The molecule has 0 aromatic heterocycles. The molecule has 0 spiro atoms. The van der Waals surface area contributed by atoms with Crippen LogP contribution in [0.4, 0.5) is 8.78 Å². The minimum absolute atomic E-state index is 0.0169. The van der Waals surface area contributed by atoms with E-state index in [0.717, 1.165) is 29.9 Å². The molecule has 1 N–H and O–H groups in total. The van der Waals surface area contributed by atoms with Crippen LogP contribution in [0.15, 0.2) is 42.5 Å². The van der Waals surface area contributed by atoms with Gasteiger partial charge in [-0.2, -0.15) is 0 Å². The molecular weight excluding hydrogens is 422 g/mol. The lowest BCUT2D eigenvalue weighted by Crippen LogP contribution is -2.36. The SMILES string of the molecule is CS(=O)(=O)N[C@@H]1CCCN(C(=O)[C@@H]2C[C@H]2c2ccccc2-c2cc(F)cc(F)c2)CC1. The van der Waals surface area contributed by atoms with Crippen LogP contribution in [-0.2, 0) is 14.8 Å². The lowest BCUT2D eigenvalue weighted by atomic mass is 9.95. The second-order valence-corrected chi connectivity index (χ2v) is 10.3. The van der Waals surface area contributed by atoms with Crippen LogP contribution in [0.2, 0.25) is 0 Å². The molecule has 0 unspecified atom stereocenters. The molecule has 1 saturated carbocycles. The highest BCUT2D eigenvalue weighted by molar-refractivity contribution is 7.88. The zero-order chi connectivity index (χ0) is 22.2. The molecule has 8 heteroatoms. The number of rotatable bonds is 5. The van der Waals surface area contributed by atoms with E-state index < -0.39 is 21.7 Å². The maximum atomic E-state index is 13.7. The van der Waals surface area contributed by atoms with Crippen molar-refractivity contribution in [1.29, 1.82) is 0 Å². The Bertz CT molecular complexity index is 1070. The Kier molecular flexibility index (Phi) is 6.12. The van der Waals surface area contributed by atoms with E-state index in [-0.39, 0.29) is 23.8 Å². The van der Waals surface area contributed by atoms with Crippen molar-refractivity contribution in [1.82, 2.24) is 9.62 Å². The van der Waals surface area contributed by atoms with Gasteiger partial charge >= 0.3 is 0 Å². The lowest BCUT2D eigenvalue weighted by molar-refractivity contribution is -0.132. The number of amides is 1. The molecule has 166 valence electrons. The molecule has 1 saturated heterocycles. The van der Waals surface area contributed by atoms with Crippen LogP contribution in [0.25, 0.3) is 11.1 Å². The van der Waals surface area contributed by atoms with E-state index in [0.29, 0.717) is 37.9 Å². The maximum absolute atomic E-state index is 13.7. The smallest absolute Gasteiger partial charge is 0.226 e. The molecule has 0 radical (unpaired) electrons. The molecule has 31 heavy (non-hydrogen) atoms. The Labute approximate surface area is 181 Å². The summed E-state index contributed by atoms with van der Waals surface area (Å²) in [5, 5.41) is 0. The molecule has 1 aliphatic heterocycles. The summed E-state index contributed by atoms with van der Waals surface area (Å²) in [5.74, 6) is -1.32. The Morgan fingerprint density at radius 2 is 1.77 bits per heavy atom. The molecule has 3 atom stereocenters. The van der Waals surface area contributed by atoms with E-state index in [9.17, 15) is 22.0 Å². The first-order valence-electron chi connectivity index (χ1n) is 10.5. The molecule has 0 bridgehead atoms. The number of sulfonamides is 1. The summed E-state index contributed by atoms with van der Waals surface area (Å²) in [6, 6.07) is 10.8. The minimum Gasteiger partial charge on any atom is -0.342 e. The molecule has 1 aliphatic carbocycles. The van der Waals surface area contributed by atoms with Gasteiger partial charge in [0.2, 0.25) is 15.9 Å². The van der Waals surface area contributed by atoms with Crippen molar-refractivity contribution in [3.05, 3.63) is 59.7 Å². The van der Waals surface area contributed by atoms with Gasteiger partial charge < -0.3 is 4.90 Å². The fourth-order valence-electron chi connectivity index (χ4n) is 4.58. The number of carbonyl (C=O) groups excluding carboxylic acids is 1. The topological polar surface area (TPSA) is 66.5 Å². The number of hydrogen-bond acceptors (Lipinski definition) is 3. The summed E-state index contributed by atoms with van der Waals surface area (Å²) in [6.45, 7) is 1.13. The van der Waals surface area contributed by atoms with Crippen molar-refractivity contribution in [2.45, 2.75) is 37.6 Å². The highest BCUT2D eigenvalue weighted by Crippen LogP contribution is 2.51. The van der Waals surface area contributed by atoms with Crippen molar-refractivity contribution in [3.63, 3.8) is 0 Å². The van der Waals surface area contributed by atoms with Gasteiger partial charge in [-0.25, -0.2) is 21.9 Å². The van der Waals surface area contributed by atoms with Crippen LogP contribution < -0.4 is 4.72 Å². The predicted molar refractivity (Wildman–Crippen MR) is 115 cm³/mol. The number of nitrogens with zero attached hydrogens (tertiary/aromatic N) is 1. The first-order chi connectivity index (χ1) is 14.7. The van der Waals surface area contributed by atoms with Crippen LogP contribution >= 0.6 is 0 Å². The van der Waals surface area contributed by atoms with Gasteiger partial charge in [-0.05, 0) is 60.4 Å². The van der Waals surface area contributed by atoms with Crippen molar-refractivity contribution in [2.75, 3.05) is 19.3 Å². The third kappa shape index (κ3) is 5.30. The van der Waals surface area contributed by atoms with E-state index in [1.165, 1.54) is 12.1 Å². The molecule has 5 nitrogen and oxygen atoms in total. The summed E-state index contributed by atoms with van der Waals surface area (Å²) in [7, 11) is -3.27. The van der Waals surface area contributed by atoms with Crippen molar-refractivity contribution >= 4 is 15.9 Å². The normalized spacial score (nSPS) is 24.0. The molecule has 2 aliphatic rings. The van der Waals surface area contributed by atoms with Gasteiger partial charge in [0.1, 0.15) is 11.6 Å². The second-order valence-electron chi connectivity index (χ2n) is 8.54. The van der Waals surface area contributed by atoms with E-state index in [1.807, 2.05) is 29.2 Å². The second kappa shape index (κ2) is 8.67. The number of likely N-dealkylation sites (tertiary alicyclic amines) is 1. The Balaban J connectivity index is 1.46. The zero-order valence-corrected chi connectivity index (χ0v) is 18.2. The summed E-state index contributed by atoms with van der Waals surface area (Å²) < 4.78 is 53.1. The van der Waals surface area contributed by atoms with Crippen molar-refractivity contribution in [2.24, 2.45) is 5.92 Å². The molecule has 2 fully saturated rings. The van der Waals surface area contributed by atoms with E-state index in [1.54, 1.807) is 0 Å². The minimum atomic E-state index is -3.27. The number of benzene rings is 2. The zero-order valence-electron chi connectivity index (χ0n) is 17.4. The quantitative estimate of drug-likeness (QED) is 0.759. The predicted octanol–water partition coefficient (Wildman–Crippen LogP) is 3.67. The van der Waals surface area contributed by atoms with Gasteiger partial charge in [0, 0.05) is 31.1 Å². The summed E-state index contributed by atoms with van der Waals surface area (Å²) in [5.41, 5.74) is 2.14. The fourth-order valence-corrected chi connectivity index (χ4v) is 5.42. The van der Waals surface area contributed by atoms with E-state index in [4.69, 9.17) is 0 Å². The third-order valence-corrected chi connectivity index (χ3v) is 6.82. The van der Waals surface area contributed by atoms with Crippen LogP contribution in [0.1, 0.15) is 37.2 Å². The average molecular weight is 449 g/mol. The van der Waals surface area contributed by atoms with Crippen LogP contribution in [0.3, 0.4) is 0 Å². The summed E-state index contributed by atoms with van der Waals surface area (Å²) in [6.07, 6.45) is 3.90. The van der Waals surface area contributed by atoms with Gasteiger partial charge in [0.25, 0.3) is 0 Å². The average Bonchev–Trinajstić information content (AvgIpc) is 3.50. The van der Waals surface area contributed by atoms with Crippen LogP contribution in [0.5, 0.6) is 0 Å². The van der Waals surface area contributed by atoms with Gasteiger partial charge in [-0.3, -0.25) is 4.79 Å². The van der Waals surface area contributed by atoms with E-state index >= 15 is 0 Å². The molecule has 1 amide bonds. The number of carbonyl (C=O) groups is 1. The largest absolute Gasteiger partial charge is 0.342 e. The lowest BCUT2D eigenvalue weighted by Gasteiger charge is -2.21. The van der Waals surface area contributed by atoms with Crippen LogP contribution in [-0.4, -0.2) is 44.6 Å². The molecule has 2 aromatic rings. The summed E-state index contributed by atoms with van der Waals surface area (Å²) >= 11 is 0. The molecule has 4 rings (SSSR count). The number of halogens is 2. The standard InChI is InChI=1S/C23H26F2N2O3S/c1-31(29,30)26-18-5-4-9-27(10-8-18)23(28)22-14-21(22)20-7-3-2-6-19(20)15-11-16(24)13-17(25)12-15/h2-3,6-7,11-13,18,21-22,26H,4-5,8-10,14H2,1H3/t18-,21+,22-/m1/s1. The van der Waals surface area contributed by atoms with Gasteiger partial charge in [0.15, 0.2) is 0 Å². The summed E-state index contributed by atoms with van der Waals surface area (Å²) in [4.78, 5) is 14.9. The molecular formula is C23H26F2N2O3S. The first kappa shape index (κ1) is 21.9. The van der Waals surface area contributed by atoms with Gasteiger partial charge in [0.05, 0.1) is 6.26 Å². The van der Waals surface area contributed by atoms with Gasteiger partial charge in [-0.1, -0.05) is 24.3 Å². The van der Waals surface area contributed by atoms with Gasteiger partial charge in [-0.15, -0.1) is 0 Å². The number of hydrogen-bond donors (Lipinski definition) is 1.